The van der Waals surface area contributed by atoms with Crippen molar-refractivity contribution in [3.63, 3.8) is 0 Å². The van der Waals surface area contributed by atoms with Crippen molar-refractivity contribution >= 4 is 17.2 Å². The van der Waals surface area contributed by atoms with E-state index in [2.05, 4.69) is 41.5 Å². The van der Waals surface area contributed by atoms with E-state index in [1.165, 1.54) is 5.56 Å². The van der Waals surface area contributed by atoms with Crippen molar-refractivity contribution in [1.82, 2.24) is 10.3 Å². The van der Waals surface area contributed by atoms with Gasteiger partial charge in [0.25, 0.3) is 0 Å². The zero-order chi connectivity index (χ0) is 16.2. The molecule has 0 aliphatic rings. The number of nitrogens with one attached hydrogen (secondary N) is 1. The van der Waals surface area contributed by atoms with E-state index in [-0.39, 0.29) is 12.3 Å². The summed E-state index contributed by atoms with van der Waals surface area (Å²) in [6.45, 7) is 4.50. The van der Waals surface area contributed by atoms with Gasteiger partial charge in [-0.3, -0.25) is 4.79 Å². The van der Waals surface area contributed by atoms with Crippen LogP contribution in [0.25, 0.3) is 11.3 Å². The van der Waals surface area contributed by atoms with Gasteiger partial charge in [0.15, 0.2) is 0 Å². The third-order valence-electron chi connectivity index (χ3n) is 3.52. The second-order valence-corrected chi connectivity index (χ2v) is 6.70. The number of thiazole rings is 1. The number of rotatable bonds is 5. The molecule has 1 N–H and O–H groups in total. The summed E-state index contributed by atoms with van der Waals surface area (Å²) in [5.74, 6) is 0.694. The molecule has 1 amide bonds. The number of carbonyl (C=O) groups is 1. The van der Waals surface area contributed by atoms with E-state index in [9.17, 15) is 4.79 Å². The predicted molar refractivity (Wildman–Crippen MR) is 91.3 cm³/mol. The van der Waals surface area contributed by atoms with Gasteiger partial charge < -0.3 is 9.73 Å². The molecule has 3 aromatic rings. The van der Waals surface area contributed by atoms with Crippen LogP contribution in [0.2, 0.25) is 0 Å². The summed E-state index contributed by atoms with van der Waals surface area (Å²) in [6, 6.07) is 11.9. The molecule has 0 bridgehead atoms. The number of benzene rings is 1. The quantitative estimate of drug-likeness (QED) is 0.774. The smallest absolute Gasteiger partial charge is 0.227 e. The molecule has 0 fully saturated rings. The highest BCUT2D eigenvalue weighted by atomic mass is 32.1. The molecule has 0 aliphatic carbocycles. The van der Waals surface area contributed by atoms with Crippen molar-refractivity contribution in [2.75, 3.05) is 0 Å². The average molecular weight is 326 g/mol. The highest BCUT2D eigenvalue weighted by Gasteiger charge is 2.13. The molecule has 0 saturated carbocycles. The summed E-state index contributed by atoms with van der Waals surface area (Å²) in [6.07, 6.45) is 1.89. The third-order valence-corrected chi connectivity index (χ3v) is 4.49. The van der Waals surface area contributed by atoms with Gasteiger partial charge in [0.2, 0.25) is 5.91 Å². The van der Waals surface area contributed by atoms with Crippen LogP contribution in [0.4, 0.5) is 0 Å². The Kier molecular flexibility index (Phi) is 4.57. The van der Waals surface area contributed by atoms with Crippen molar-refractivity contribution < 1.29 is 9.21 Å². The molecule has 0 saturated heterocycles. The lowest BCUT2D eigenvalue weighted by Crippen LogP contribution is -2.24. The lowest BCUT2D eigenvalue weighted by molar-refractivity contribution is -0.120. The van der Waals surface area contributed by atoms with Gasteiger partial charge in [0, 0.05) is 10.4 Å². The van der Waals surface area contributed by atoms with Gasteiger partial charge in [0.1, 0.15) is 10.8 Å². The summed E-state index contributed by atoms with van der Waals surface area (Å²) >= 11 is 1.57. The predicted octanol–water partition coefficient (Wildman–Crippen LogP) is 3.88. The average Bonchev–Trinajstić information content (AvgIpc) is 3.16. The van der Waals surface area contributed by atoms with Crippen LogP contribution < -0.4 is 5.32 Å². The van der Waals surface area contributed by atoms with E-state index in [4.69, 9.17) is 4.42 Å². The Hall–Kier alpha value is -2.40. The number of aryl methyl sites for hydroxylation is 2. The van der Waals surface area contributed by atoms with Crippen molar-refractivity contribution in [3.05, 3.63) is 63.9 Å². The fourth-order valence-corrected chi connectivity index (χ4v) is 3.26. The van der Waals surface area contributed by atoms with Crippen molar-refractivity contribution in [2.24, 2.45) is 0 Å². The molecule has 0 aliphatic heterocycles. The lowest BCUT2D eigenvalue weighted by Gasteiger charge is -2.01. The molecular formula is C18H18N2O2S. The third kappa shape index (κ3) is 3.87. The highest BCUT2D eigenvalue weighted by Crippen LogP contribution is 2.28. The number of aromatic nitrogens is 1. The first-order valence-corrected chi connectivity index (χ1v) is 8.26. The first kappa shape index (κ1) is 15.5. The molecule has 0 atom stereocenters. The Morgan fingerprint density at radius 1 is 1.22 bits per heavy atom. The van der Waals surface area contributed by atoms with Crippen molar-refractivity contribution in [2.45, 2.75) is 26.8 Å². The van der Waals surface area contributed by atoms with E-state index in [1.54, 1.807) is 23.7 Å². The van der Waals surface area contributed by atoms with Crippen LogP contribution in [0, 0.1) is 13.8 Å². The zero-order valence-electron chi connectivity index (χ0n) is 13.1. The summed E-state index contributed by atoms with van der Waals surface area (Å²) in [7, 11) is 0. The molecule has 2 heterocycles. The number of hydrogen-bond donors (Lipinski definition) is 1. The van der Waals surface area contributed by atoms with Crippen LogP contribution >= 0.6 is 11.3 Å². The Morgan fingerprint density at radius 2 is 2.00 bits per heavy atom. The van der Waals surface area contributed by atoms with E-state index in [1.807, 2.05) is 13.0 Å². The van der Waals surface area contributed by atoms with Gasteiger partial charge in [0.05, 0.1) is 24.9 Å². The van der Waals surface area contributed by atoms with Gasteiger partial charge in [-0.1, -0.05) is 29.8 Å². The first-order valence-electron chi connectivity index (χ1n) is 7.44. The van der Waals surface area contributed by atoms with E-state index >= 15 is 0 Å². The summed E-state index contributed by atoms with van der Waals surface area (Å²) in [5, 5.41) is 3.67. The molecule has 0 spiro atoms. The van der Waals surface area contributed by atoms with Gasteiger partial charge >= 0.3 is 0 Å². The topological polar surface area (TPSA) is 55.1 Å². The summed E-state index contributed by atoms with van der Waals surface area (Å²) in [5.41, 5.74) is 3.27. The Labute approximate surface area is 139 Å². The second kappa shape index (κ2) is 6.79. The van der Waals surface area contributed by atoms with Crippen LogP contribution in [-0.4, -0.2) is 10.9 Å². The van der Waals surface area contributed by atoms with Crippen molar-refractivity contribution in [3.8, 4) is 11.3 Å². The van der Waals surface area contributed by atoms with E-state index < -0.39 is 0 Å². The zero-order valence-corrected chi connectivity index (χ0v) is 13.9. The Bertz CT molecular complexity index is 789. The molecule has 3 rings (SSSR count). The minimum atomic E-state index is -0.0504. The van der Waals surface area contributed by atoms with Gasteiger partial charge in [-0.2, -0.15) is 0 Å². The Morgan fingerprint density at radius 3 is 2.70 bits per heavy atom. The van der Waals surface area contributed by atoms with Crippen LogP contribution in [0.1, 0.15) is 21.2 Å². The van der Waals surface area contributed by atoms with Crippen LogP contribution in [0.15, 0.2) is 47.1 Å². The van der Waals surface area contributed by atoms with Crippen molar-refractivity contribution in [1.29, 1.82) is 0 Å². The number of amides is 1. The number of nitrogens with zero attached hydrogens (tertiary/aromatic N) is 1. The molecule has 118 valence electrons. The van der Waals surface area contributed by atoms with Crippen LogP contribution in [-0.2, 0) is 17.8 Å². The standard InChI is InChI=1S/C18H18N2O2S/c1-12-5-7-14(8-6-12)18-13(2)23-17(20-18)10-16(21)19-11-15-4-3-9-22-15/h3-9H,10-11H2,1-2H3,(H,19,21). The van der Waals surface area contributed by atoms with Gasteiger partial charge in [-0.25, -0.2) is 4.98 Å². The fraction of sp³-hybridized carbons (Fsp3) is 0.222. The molecule has 0 unspecified atom stereocenters. The highest BCUT2D eigenvalue weighted by molar-refractivity contribution is 7.12. The van der Waals surface area contributed by atoms with Gasteiger partial charge in [-0.15, -0.1) is 11.3 Å². The molecule has 4 nitrogen and oxygen atoms in total. The van der Waals surface area contributed by atoms with E-state index in [0.29, 0.717) is 6.54 Å². The van der Waals surface area contributed by atoms with E-state index in [0.717, 1.165) is 26.9 Å². The summed E-state index contributed by atoms with van der Waals surface area (Å²) in [4.78, 5) is 17.8. The van der Waals surface area contributed by atoms with Crippen LogP contribution in [0.5, 0.6) is 0 Å². The maximum atomic E-state index is 12.0. The number of hydrogen-bond acceptors (Lipinski definition) is 4. The molecule has 5 heteroatoms. The number of furan rings is 1. The maximum Gasteiger partial charge on any atom is 0.227 e. The minimum absolute atomic E-state index is 0.0504. The first-order chi connectivity index (χ1) is 11.1. The molecule has 2 aromatic heterocycles. The molecule has 23 heavy (non-hydrogen) atoms. The molecular weight excluding hydrogens is 308 g/mol. The molecule has 0 radical (unpaired) electrons. The van der Waals surface area contributed by atoms with Crippen LogP contribution in [0.3, 0.4) is 0 Å². The second-order valence-electron chi connectivity index (χ2n) is 5.41. The largest absolute Gasteiger partial charge is 0.467 e. The fourth-order valence-electron chi connectivity index (χ4n) is 2.30. The van der Waals surface area contributed by atoms with Gasteiger partial charge in [-0.05, 0) is 26.0 Å². The maximum absolute atomic E-state index is 12.0. The SMILES string of the molecule is Cc1ccc(-c2nc(CC(=O)NCc3ccco3)sc2C)cc1. The lowest BCUT2D eigenvalue weighted by atomic mass is 10.1. The Balaban J connectivity index is 1.66. The number of carbonyl (C=O) groups excluding carboxylic acids is 1. The summed E-state index contributed by atoms with van der Waals surface area (Å²) < 4.78 is 5.20. The minimum Gasteiger partial charge on any atom is -0.467 e. The molecule has 1 aromatic carbocycles. The normalized spacial score (nSPS) is 10.7. The monoisotopic (exact) mass is 326 g/mol.